The molecule has 0 aliphatic carbocycles. The van der Waals surface area contributed by atoms with Crippen molar-refractivity contribution in [2.24, 2.45) is 11.8 Å². The zero-order valence-electron chi connectivity index (χ0n) is 23.5. The molecule has 9 heteroatoms. The molecule has 8 nitrogen and oxygen atoms in total. The van der Waals surface area contributed by atoms with Gasteiger partial charge in [0, 0.05) is 17.3 Å². The predicted octanol–water partition coefficient (Wildman–Crippen LogP) is 4.18. The zero-order valence-corrected chi connectivity index (χ0v) is 24.3. The van der Waals surface area contributed by atoms with Crippen molar-refractivity contribution >= 4 is 35.1 Å². The van der Waals surface area contributed by atoms with Gasteiger partial charge in [0.15, 0.2) is 0 Å². The first-order valence-corrected chi connectivity index (χ1v) is 14.7. The molecule has 3 aliphatic rings. The van der Waals surface area contributed by atoms with Crippen LogP contribution in [0.25, 0.3) is 0 Å². The topological polar surface area (TPSA) is 96.4 Å². The lowest BCUT2D eigenvalue weighted by molar-refractivity contribution is -0.161. The molecule has 3 fully saturated rings. The van der Waals surface area contributed by atoms with E-state index in [1.165, 1.54) is 4.90 Å². The third kappa shape index (κ3) is 4.76. The lowest BCUT2D eigenvalue weighted by Crippen LogP contribution is -2.59. The van der Waals surface area contributed by atoms with E-state index in [4.69, 9.17) is 21.1 Å². The second-order valence-electron chi connectivity index (χ2n) is 11.1. The van der Waals surface area contributed by atoms with Crippen LogP contribution < -0.4 is 4.90 Å². The highest BCUT2D eigenvalue weighted by Gasteiger charge is 2.79. The number of rotatable bonds is 11. The molecule has 1 N–H and O–H groups in total. The van der Waals surface area contributed by atoms with Crippen LogP contribution in [0.4, 0.5) is 5.69 Å². The minimum atomic E-state index is -1.24. The van der Waals surface area contributed by atoms with E-state index in [2.05, 4.69) is 6.58 Å². The van der Waals surface area contributed by atoms with Gasteiger partial charge in [-0.1, -0.05) is 54.9 Å². The van der Waals surface area contributed by atoms with E-state index in [9.17, 15) is 19.5 Å². The number of carbonyl (C=O) groups is 3. The first-order chi connectivity index (χ1) is 19.8. The Balaban J connectivity index is 1.64. The van der Waals surface area contributed by atoms with Crippen LogP contribution in [-0.2, 0) is 30.3 Å². The van der Waals surface area contributed by atoms with Gasteiger partial charge in [0.1, 0.15) is 17.6 Å². The van der Waals surface area contributed by atoms with E-state index in [0.29, 0.717) is 36.4 Å². The van der Waals surface area contributed by atoms with Crippen LogP contribution in [0.5, 0.6) is 0 Å². The summed E-state index contributed by atoms with van der Waals surface area (Å²) in [5, 5.41) is 11.2. The largest absolute Gasteiger partial charge is 0.466 e. The average molecular weight is 581 g/mol. The molecular weight excluding hydrogens is 544 g/mol. The number of ether oxygens (including phenoxy) is 2. The number of hydrogen-bond acceptors (Lipinski definition) is 6. The first-order valence-electron chi connectivity index (χ1n) is 14.3. The first kappa shape index (κ1) is 29.3. The van der Waals surface area contributed by atoms with Crippen LogP contribution in [0, 0.1) is 11.8 Å². The Bertz CT molecular complexity index is 1300. The highest BCUT2D eigenvalue weighted by molar-refractivity contribution is 6.30. The quantitative estimate of drug-likeness (QED) is 0.316. The van der Waals surface area contributed by atoms with Crippen molar-refractivity contribution in [3.8, 4) is 0 Å². The summed E-state index contributed by atoms with van der Waals surface area (Å²) in [6.45, 7) is 7.52. The van der Waals surface area contributed by atoms with Crippen molar-refractivity contribution in [1.29, 1.82) is 0 Å². The van der Waals surface area contributed by atoms with E-state index in [1.807, 2.05) is 37.3 Å². The van der Waals surface area contributed by atoms with Crippen LogP contribution >= 0.6 is 11.6 Å². The molecule has 0 saturated carbocycles. The molecule has 6 atom stereocenters. The number of amides is 2. The number of nitrogens with zero attached hydrogens (tertiary/aromatic N) is 2. The summed E-state index contributed by atoms with van der Waals surface area (Å²) in [4.78, 5) is 45.8. The van der Waals surface area contributed by atoms with E-state index in [1.54, 1.807) is 42.2 Å². The van der Waals surface area contributed by atoms with Gasteiger partial charge in [-0.05, 0) is 62.4 Å². The number of esters is 1. The number of fused-ring (bicyclic) bond motifs is 1. The molecule has 3 saturated heterocycles. The third-order valence-corrected chi connectivity index (χ3v) is 9.28. The molecule has 0 aromatic heterocycles. The van der Waals surface area contributed by atoms with Gasteiger partial charge in [-0.25, -0.2) is 0 Å². The van der Waals surface area contributed by atoms with Crippen LogP contribution in [0.2, 0.25) is 5.02 Å². The minimum Gasteiger partial charge on any atom is -0.466 e. The van der Waals surface area contributed by atoms with Gasteiger partial charge in [0.25, 0.3) is 5.91 Å². The van der Waals surface area contributed by atoms with Gasteiger partial charge in [-0.3, -0.25) is 14.4 Å². The summed E-state index contributed by atoms with van der Waals surface area (Å²) in [7, 11) is 0. The van der Waals surface area contributed by atoms with Crippen LogP contribution in [0.15, 0.2) is 67.3 Å². The molecule has 2 unspecified atom stereocenters. The number of anilines is 1. The molecule has 2 bridgehead atoms. The van der Waals surface area contributed by atoms with Crippen molar-refractivity contribution in [3.63, 3.8) is 0 Å². The maximum Gasteiger partial charge on any atom is 0.312 e. The van der Waals surface area contributed by atoms with Gasteiger partial charge < -0.3 is 24.4 Å². The van der Waals surface area contributed by atoms with Crippen molar-refractivity contribution < 1.29 is 29.0 Å². The maximum atomic E-state index is 14.7. The molecule has 2 aromatic carbocycles. The SMILES string of the molecule is C=CCN(C(=O)C1N([C@@H](CO)Cc2ccccc2)C(=O)[C@@H]2[C@H](C(=O)OCC)[C@]3(CC)CCC12O3)c1ccc(Cl)cc1. The number of aliphatic hydroxyl groups is 1. The van der Waals surface area contributed by atoms with Gasteiger partial charge in [0.2, 0.25) is 5.91 Å². The van der Waals surface area contributed by atoms with Gasteiger partial charge >= 0.3 is 5.97 Å². The number of hydrogen-bond donors (Lipinski definition) is 1. The molecular formula is C32H37ClN2O6. The van der Waals surface area contributed by atoms with Crippen molar-refractivity contribution in [3.05, 3.63) is 77.8 Å². The lowest BCUT2D eigenvalue weighted by atomic mass is 9.65. The predicted molar refractivity (Wildman–Crippen MR) is 155 cm³/mol. The summed E-state index contributed by atoms with van der Waals surface area (Å²) >= 11 is 6.14. The molecule has 41 heavy (non-hydrogen) atoms. The number of halogens is 1. The Kier molecular flexibility index (Phi) is 8.28. The van der Waals surface area contributed by atoms with Crippen LogP contribution in [-0.4, -0.2) is 70.8 Å². The molecule has 2 aromatic rings. The Morgan fingerprint density at radius 2 is 1.90 bits per heavy atom. The van der Waals surface area contributed by atoms with Crippen molar-refractivity contribution in [2.45, 2.75) is 62.8 Å². The second kappa shape index (κ2) is 11.6. The fraction of sp³-hybridized carbons (Fsp3) is 0.469. The number of likely N-dealkylation sites (tertiary alicyclic amines) is 1. The van der Waals surface area contributed by atoms with Crippen LogP contribution in [0.3, 0.4) is 0 Å². The van der Waals surface area contributed by atoms with Gasteiger partial charge in [0.05, 0.1) is 30.8 Å². The summed E-state index contributed by atoms with van der Waals surface area (Å²) in [5.41, 5.74) is -0.625. The molecule has 2 amide bonds. The van der Waals surface area contributed by atoms with Crippen molar-refractivity contribution in [2.75, 3.05) is 24.7 Å². The van der Waals surface area contributed by atoms with E-state index < -0.39 is 41.1 Å². The Labute approximate surface area is 245 Å². The van der Waals surface area contributed by atoms with Gasteiger partial charge in [-0.2, -0.15) is 0 Å². The summed E-state index contributed by atoms with van der Waals surface area (Å²) in [6, 6.07) is 14.6. The number of carbonyl (C=O) groups excluding carboxylic acids is 3. The Hall–Kier alpha value is -3.20. The summed E-state index contributed by atoms with van der Waals surface area (Å²) in [6.07, 6.45) is 3.43. The minimum absolute atomic E-state index is 0.173. The number of benzene rings is 2. The second-order valence-corrected chi connectivity index (χ2v) is 11.5. The number of aliphatic hydroxyl groups excluding tert-OH is 1. The lowest BCUT2D eigenvalue weighted by Gasteiger charge is -2.39. The van der Waals surface area contributed by atoms with E-state index in [-0.39, 0.29) is 31.6 Å². The normalized spacial score (nSPS) is 28.8. The zero-order chi connectivity index (χ0) is 29.4. The Morgan fingerprint density at radius 1 is 1.20 bits per heavy atom. The molecule has 218 valence electrons. The molecule has 0 radical (unpaired) electrons. The molecule has 1 spiro atoms. The summed E-state index contributed by atoms with van der Waals surface area (Å²) < 4.78 is 12.3. The standard InChI is InChI=1S/C32H37ClN2O6/c1-4-18-34(23-14-12-22(33)13-15-23)29(38)27-32-17-16-31(5-2,41-32)26(30(39)40-6-3)25(32)28(37)35(27)24(20-36)19-21-10-8-7-9-11-21/h4,7-15,24-27,36H,1,5-6,16-20H2,2-3H3/t24-,25+,26-,27?,31+,32?/m1/s1. The smallest absolute Gasteiger partial charge is 0.312 e. The van der Waals surface area contributed by atoms with Crippen LogP contribution in [0.1, 0.15) is 38.7 Å². The monoisotopic (exact) mass is 580 g/mol. The Morgan fingerprint density at radius 3 is 2.51 bits per heavy atom. The van der Waals surface area contributed by atoms with E-state index in [0.717, 1.165) is 5.56 Å². The highest BCUT2D eigenvalue weighted by Crippen LogP contribution is 2.65. The highest BCUT2D eigenvalue weighted by atomic mass is 35.5. The van der Waals surface area contributed by atoms with Crippen molar-refractivity contribution in [1.82, 2.24) is 4.90 Å². The maximum absolute atomic E-state index is 14.7. The molecule has 3 aliphatic heterocycles. The molecule has 3 heterocycles. The fourth-order valence-electron chi connectivity index (χ4n) is 7.28. The average Bonchev–Trinajstić information content (AvgIpc) is 3.59. The van der Waals surface area contributed by atoms with Gasteiger partial charge in [-0.15, -0.1) is 6.58 Å². The summed E-state index contributed by atoms with van der Waals surface area (Å²) in [5.74, 6) is -2.93. The molecule has 5 rings (SSSR count). The van der Waals surface area contributed by atoms with E-state index >= 15 is 0 Å². The fourth-order valence-corrected chi connectivity index (χ4v) is 7.40. The third-order valence-electron chi connectivity index (χ3n) is 9.03.